The molecule has 0 spiro atoms. The zero-order valence-electron chi connectivity index (χ0n) is 8.87. The van der Waals surface area contributed by atoms with Crippen LogP contribution in [-0.4, -0.2) is 24.0 Å². The molecule has 2 atom stereocenters. The largest absolute Gasteiger partial charge is 0.301 e. The lowest BCUT2D eigenvalue weighted by atomic mass is 9.78. The normalized spacial score (nSPS) is 35.0. The number of nitrogens with zero attached hydrogens (tertiary/aromatic N) is 1. The van der Waals surface area contributed by atoms with Crippen LogP contribution in [0.5, 0.6) is 0 Å². The van der Waals surface area contributed by atoms with Gasteiger partial charge in [-0.2, -0.15) is 0 Å². The summed E-state index contributed by atoms with van der Waals surface area (Å²) in [4.78, 5) is 2.64. The summed E-state index contributed by atoms with van der Waals surface area (Å²) in [5.41, 5.74) is 0. The topological polar surface area (TPSA) is 3.24 Å². The Morgan fingerprint density at radius 3 is 2.54 bits per heavy atom. The second kappa shape index (κ2) is 3.83. The molecular weight excluding hydrogens is 158 g/mol. The van der Waals surface area contributed by atoms with E-state index in [4.69, 9.17) is 0 Å². The molecule has 1 aliphatic heterocycles. The number of allylic oxidation sites excluding steroid dienone is 2. The first kappa shape index (κ1) is 9.26. The zero-order valence-corrected chi connectivity index (χ0v) is 8.87. The lowest BCUT2D eigenvalue weighted by molar-refractivity contribution is 0.0918. The van der Waals surface area contributed by atoms with Gasteiger partial charge in [0.2, 0.25) is 0 Å². The van der Waals surface area contributed by atoms with Crippen molar-refractivity contribution < 1.29 is 0 Å². The summed E-state index contributed by atoms with van der Waals surface area (Å²) in [6, 6.07) is 0.742. The van der Waals surface area contributed by atoms with Crippen molar-refractivity contribution in [2.45, 2.75) is 39.2 Å². The van der Waals surface area contributed by atoms with Crippen LogP contribution < -0.4 is 0 Å². The Kier molecular flexibility index (Phi) is 2.73. The second-order valence-corrected chi connectivity index (χ2v) is 4.84. The second-order valence-electron chi connectivity index (χ2n) is 4.84. The van der Waals surface area contributed by atoms with Crippen LogP contribution in [0.4, 0.5) is 0 Å². The van der Waals surface area contributed by atoms with E-state index in [1.807, 2.05) is 0 Å². The van der Waals surface area contributed by atoms with Gasteiger partial charge in [-0.1, -0.05) is 12.2 Å². The Morgan fingerprint density at radius 1 is 1.15 bits per heavy atom. The maximum Gasteiger partial charge on any atom is 0.00387 e. The molecule has 74 valence electrons. The van der Waals surface area contributed by atoms with Crippen LogP contribution in [0.15, 0.2) is 12.2 Å². The van der Waals surface area contributed by atoms with Crippen LogP contribution in [-0.2, 0) is 0 Å². The monoisotopic (exact) mass is 179 g/mol. The molecule has 2 rings (SSSR count). The summed E-state index contributed by atoms with van der Waals surface area (Å²) in [5.74, 6) is 1.96. The summed E-state index contributed by atoms with van der Waals surface area (Å²) in [5, 5.41) is 0. The predicted octanol–water partition coefficient (Wildman–Crippen LogP) is 2.68. The zero-order chi connectivity index (χ0) is 9.26. The maximum absolute atomic E-state index is 2.64. The Bertz CT molecular complexity index is 195. The number of piperidine rings is 1. The van der Waals surface area contributed by atoms with E-state index >= 15 is 0 Å². The molecule has 0 saturated carbocycles. The fraction of sp³-hybridized carbons (Fsp3) is 0.833. The van der Waals surface area contributed by atoms with Gasteiger partial charge in [-0.15, -0.1) is 0 Å². The molecule has 1 nitrogen and oxygen atoms in total. The van der Waals surface area contributed by atoms with E-state index in [2.05, 4.69) is 30.9 Å². The molecule has 0 radical (unpaired) electrons. The molecule has 0 aromatic rings. The van der Waals surface area contributed by atoms with E-state index < -0.39 is 0 Å². The molecule has 0 aromatic carbocycles. The minimum atomic E-state index is 0.742. The molecular formula is C12H21N. The van der Waals surface area contributed by atoms with Crippen molar-refractivity contribution in [2.24, 2.45) is 11.8 Å². The third-order valence-corrected chi connectivity index (χ3v) is 3.70. The van der Waals surface area contributed by atoms with Crippen molar-refractivity contribution in [3.05, 3.63) is 12.2 Å². The van der Waals surface area contributed by atoms with Gasteiger partial charge in [0.1, 0.15) is 0 Å². The maximum atomic E-state index is 2.64. The van der Waals surface area contributed by atoms with Gasteiger partial charge in [-0.3, -0.25) is 0 Å². The highest BCUT2D eigenvalue weighted by atomic mass is 15.2. The fourth-order valence-corrected chi connectivity index (χ4v) is 2.70. The van der Waals surface area contributed by atoms with Crippen molar-refractivity contribution in [2.75, 3.05) is 13.1 Å². The molecule has 1 fully saturated rings. The molecule has 1 heteroatoms. The standard InChI is InChI=1S/C12H21N/c1-10(2)13-8-7-11-5-3-4-6-12(11)9-13/h3-4,10-12H,5-9H2,1-2H3. The van der Waals surface area contributed by atoms with Crippen LogP contribution in [0.1, 0.15) is 33.1 Å². The van der Waals surface area contributed by atoms with Gasteiger partial charge in [-0.25, -0.2) is 0 Å². The van der Waals surface area contributed by atoms with Crippen molar-refractivity contribution in [3.8, 4) is 0 Å². The van der Waals surface area contributed by atoms with E-state index in [0.717, 1.165) is 17.9 Å². The van der Waals surface area contributed by atoms with Crippen molar-refractivity contribution in [1.29, 1.82) is 0 Å². The van der Waals surface area contributed by atoms with E-state index in [9.17, 15) is 0 Å². The average molecular weight is 179 g/mol. The summed E-state index contributed by atoms with van der Waals surface area (Å²) in [6.07, 6.45) is 8.86. The SMILES string of the molecule is CC(C)N1CCC2CC=CCC2C1. The Hall–Kier alpha value is -0.300. The predicted molar refractivity (Wildman–Crippen MR) is 56.7 cm³/mol. The van der Waals surface area contributed by atoms with Crippen LogP contribution in [0, 0.1) is 11.8 Å². The van der Waals surface area contributed by atoms with Crippen LogP contribution in [0.2, 0.25) is 0 Å². The highest BCUT2D eigenvalue weighted by Gasteiger charge is 2.29. The van der Waals surface area contributed by atoms with E-state index in [1.54, 1.807) is 0 Å². The lowest BCUT2D eigenvalue weighted by Crippen LogP contribution is -2.44. The van der Waals surface area contributed by atoms with Gasteiger partial charge >= 0.3 is 0 Å². The Labute approximate surface area is 81.8 Å². The molecule has 0 amide bonds. The van der Waals surface area contributed by atoms with E-state index in [-0.39, 0.29) is 0 Å². The van der Waals surface area contributed by atoms with Crippen molar-refractivity contribution in [3.63, 3.8) is 0 Å². The van der Waals surface area contributed by atoms with Crippen LogP contribution in [0.25, 0.3) is 0 Å². The number of hydrogen-bond acceptors (Lipinski definition) is 1. The number of hydrogen-bond donors (Lipinski definition) is 0. The molecule has 0 bridgehead atoms. The molecule has 1 heterocycles. The van der Waals surface area contributed by atoms with Crippen molar-refractivity contribution in [1.82, 2.24) is 4.90 Å². The highest BCUT2D eigenvalue weighted by molar-refractivity contribution is 4.97. The third kappa shape index (κ3) is 1.96. The number of likely N-dealkylation sites (tertiary alicyclic amines) is 1. The molecule has 0 aromatic heterocycles. The molecule has 0 N–H and O–H groups in total. The molecule has 1 saturated heterocycles. The first-order valence-electron chi connectivity index (χ1n) is 5.66. The molecule has 2 aliphatic rings. The van der Waals surface area contributed by atoms with Gasteiger partial charge in [0.15, 0.2) is 0 Å². The summed E-state index contributed by atoms with van der Waals surface area (Å²) < 4.78 is 0. The molecule has 1 aliphatic carbocycles. The van der Waals surface area contributed by atoms with E-state index in [0.29, 0.717) is 0 Å². The van der Waals surface area contributed by atoms with Crippen molar-refractivity contribution >= 4 is 0 Å². The first-order valence-corrected chi connectivity index (χ1v) is 5.66. The van der Waals surface area contributed by atoms with Gasteiger partial charge in [0.25, 0.3) is 0 Å². The number of rotatable bonds is 1. The van der Waals surface area contributed by atoms with Crippen LogP contribution in [0.3, 0.4) is 0 Å². The number of fused-ring (bicyclic) bond motifs is 1. The van der Waals surface area contributed by atoms with Crippen LogP contribution >= 0.6 is 0 Å². The van der Waals surface area contributed by atoms with Gasteiger partial charge in [0, 0.05) is 12.6 Å². The van der Waals surface area contributed by atoms with Gasteiger partial charge < -0.3 is 4.90 Å². The summed E-state index contributed by atoms with van der Waals surface area (Å²) in [6.45, 7) is 7.30. The fourth-order valence-electron chi connectivity index (χ4n) is 2.70. The average Bonchev–Trinajstić information content (AvgIpc) is 2.17. The Morgan fingerprint density at radius 2 is 1.85 bits per heavy atom. The van der Waals surface area contributed by atoms with Gasteiger partial charge in [-0.05, 0) is 51.5 Å². The third-order valence-electron chi connectivity index (χ3n) is 3.70. The highest BCUT2D eigenvalue weighted by Crippen LogP contribution is 2.33. The first-order chi connectivity index (χ1) is 6.27. The minimum Gasteiger partial charge on any atom is -0.301 e. The summed E-state index contributed by atoms with van der Waals surface area (Å²) >= 11 is 0. The summed E-state index contributed by atoms with van der Waals surface area (Å²) in [7, 11) is 0. The molecule has 13 heavy (non-hydrogen) atoms. The minimum absolute atomic E-state index is 0.742. The van der Waals surface area contributed by atoms with E-state index in [1.165, 1.54) is 32.4 Å². The van der Waals surface area contributed by atoms with Gasteiger partial charge in [0.05, 0.1) is 0 Å². The molecule has 2 unspecified atom stereocenters. The lowest BCUT2D eigenvalue weighted by Gasteiger charge is -2.41. The Balaban J connectivity index is 1.96. The smallest absolute Gasteiger partial charge is 0.00387 e. The quantitative estimate of drug-likeness (QED) is 0.559.